The fourth-order valence-electron chi connectivity index (χ4n) is 4.72. The summed E-state index contributed by atoms with van der Waals surface area (Å²) in [7, 11) is 2.06. The van der Waals surface area contributed by atoms with E-state index in [9.17, 15) is 17.6 Å². The molecule has 2 heterocycles. The first-order valence-corrected chi connectivity index (χ1v) is 11.1. The van der Waals surface area contributed by atoms with E-state index in [0.29, 0.717) is 18.0 Å². The van der Waals surface area contributed by atoms with Gasteiger partial charge in [0.1, 0.15) is 5.82 Å². The number of aromatic nitrogens is 1. The molecule has 1 unspecified atom stereocenters. The molecule has 1 atom stereocenters. The van der Waals surface area contributed by atoms with Gasteiger partial charge in [0, 0.05) is 17.0 Å². The minimum Gasteiger partial charge on any atom is -0.374 e. The number of rotatable bonds is 6. The van der Waals surface area contributed by atoms with Crippen LogP contribution in [0.25, 0.3) is 0 Å². The molecule has 174 valence electrons. The van der Waals surface area contributed by atoms with Crippen molar-refractivity contribution >= 4 is 0 Å². The molecule has 1 aliphatic heterocycles. The summed E-state index contributed by atoms with van der Waals surface area (Å²) in [4.78, 5) is 6.76. The van der Waals surface area contributed by atoms with Gasteiger partial charge < -0.3 is 9.64 Å². The number of pyridine rings is 1. The summed E-state index contributed by atoms with van der Waals surface area (Å²) in [5, 5.41) is 0. The second kappa shape index (κ2) is 8.41. The zero-order valence-electron chi connectivity index (χ0n) is 18.8. The Balaban J connectivity index is 1.53. The third-order valence-corrected chi connectivity index (χ3v) is 7.13. The van der Waals surface area contributed by atoms with E-state index in [4.69, 9.17) is 4.74 Å². The van der Waals surface area contributed by atoms with E-state index in [1.165, 1.54) is 18.2 Å². The van der Waals surface area contributed by atoms with Crippen molar-refractivity contribution < 1.29 is 22.3 Å². The lowest BCUT2D eigenvalue weighted by Gasteiger charge is -2.41. The van der Waals surface area contributed by atoms with Gasteiger partial charge in [-0.1, -0.05) is 26.0 Å². The number of alkyl halides is 3. The molecule has 2 aromatic rings. The fourth-order valence-corrected chi connectivity index (χ4v) is 4.72. The van der Waals surface area contributed by atoms with Crippen molar-refractivity contribution in [1.82, 2.24) is 9.88 Å². The summed E-state index contributed by atoms with van der Waals surface area (Å²) >= 11 is 0. The van der Waals surface area contributed by atoms with Crippen LogP contribution in [0, 0.1) is 11.2 Å². The van der Waals surface area contributed by atoms with Crippen molar-refractivity contribution in [2.45, 2.75) is 57.2 Å². The van der Waals surface area contributed by atoms with Gasteiger partial charge in [-0.3, -0.25) is 4.98 Å². The molecule has 1 saturated carbocycles. The Kier molecular flexibility index (Phi) is 6.09. The third kappa shape index (κ3) is 4.99. The number of hydrogen-bond donors (Lipinski definition) is 0. The van der Waals surface area contributed by atoms with Crippen LogP contribution in [0.2, 0.25) is 0 Å². The second-order valence-corrected chi connectivity index (χ2v) is 10.1. The number of halogens is 4. The van der Waals surface area contributed by atoms with Crippen LogP contribution in [-0.2, 0) is 22.9 Å². The van der Waals surface area contributed by atoms with E-state index >= 15 is 0 Å². The number of benzene rings is 1. The quantitative estimate of drug-likeness (QED) is 0.510. The van der Waals surface area contributed by atoms with Gasteiger partial charge in [0.2, 0.25) is 0 Å². The van der Waals surface area contributed by atoms with E-state index in [2.05, 4.69) is 16.9 Å². The second-order valence-electron chi connectivity index (χ2n) is 10.1. The molecule has 0 bridgehead atoms. The average Bonchev–Trinajstić information content (AvgIpc) is 3.38. The maximum absolute atomic E-state index is 13.5. The van der Waals surface area contributed by atoms with Crippen LogP contribution in [0.5, 0.6) is 0 Å². The summed E-state index contributed by atoms with van der Waals surface area (Å²) in [5.74, 6) is -0.246. The van der Waals surface area contributed by atoms with Crippen LogP contribution < -0.4 is 0 Å². The zero-order valence-corrected chi connectivity index (χ0v) is 18.8. The number of nitrogens with zero attached hydrogens (tertiary/aromatic N) is 2. The number of hydrogen-bond acceptors (Lipinski definition) is 3. The standard InChI is InChI=1S/C25H30F4N2O/c1-23(2)14-21(23)22-13-18(25(27,28)29)12-20(30-22)15-32-16-24(8-10-31(3)11-9-24)17-4-6-19(26)7-5-17/h4-7,12-13,21H,8-11,14-16H2,1-3H3. The molecule has 0 amide bonds. The van der Waals surface area contributed by atoms with Gasteiger partial charge in [-0.2, -0.15) is 13.2 Å². The molecule has 2 aliphatic rings. The summed E-state index contributed by atoms with van der Waals surface area (Å²) < 4.78 is 59.9. The molecule has 3 nitrogen and oxygen atoms in total. The molecule has 1 saturated heterocycles. The lowest BCUT2D eigenvalue weighted by atomic mass is 9.73. The van der Waals surface area contributed by atoms with Gasteiger partial charge in [0.25, 0.3) is 0 Å². The van der Waals surface area contributed by atoms with Gasteiger partial charge >= 0.3 is 6.18 Å². The zero-order chi connectivity index (χ0) is 23.1. The maximum Gasteiger partial charge on any atom is 0.416 e. The molecular weight excluding hydrogens is 420 g/mol. The lowest BCUT2D eigenvalue weighted by Crippen LogP contribution is -2.43. The normalized spacial score (nSPS) is 22.7. The summed E-state index contributed by atoms with van der Waals surface area (Å²) in [6, 6.07) is 8.76. The van der Waals surface area contributed by atoms with E-state index < -0.39 is 11.7 Å². The van der Waals surface area contributed by atoms with Gasteiger partial charge in [-0.05, 0) is 74.6 Å². The van der Waals surface area contributed by atoms with Gasteiger partial charge in [0.05, 0.1) is 24.5 Å². The summed E-state index contributed by atoms with van der Waals surface area (Å²) in [6.07, 6.45) is -1.91. The summed E-state index contributed by atoms with van der Waals surface area (Å²) in [6.45, 7) is 6.22. The minimum absolute atomic E-state index is 0.0167. The first kappa shape index (κ1) is 23.2. The molecular formula is C25H30F4N2O. The van der Waals surface area contributed by atoms with Gasteiger partial charge in [0.15, 0.2) is 0 Å². The molecule has 7 heteroatoms. The largest absolute Gasteiger partial charge is 0.416 e. The molecule has 2 fully saturated rings. The summed E-state index contributed by atoms with van der Waals surface area (Å²) in [5.41, 5.74) is 0.829. The van der Waals surface area contributed by atoms with Crippen molar-refractivity contribution in [1.29, 1.82) is 0 Å². The first-order valence-electron chi connectivity index (χ1n) is 11.1. The highest BCUT2D eigenvalue weighted by molar-refractivity contribution is 5.31. The van der Waals surface area contributed by atoms with E-state index in [0.717, 1.165) is 44.0 Å². The molecule has 1 aromatic heterocycles. The SMILES string of the molecule is CN1CCC(COCc2cc(C(F)(F)F)cc(C3CC3(C)C)n2)(c2ccc(F)cc2)CC1. The van der Waals surface area contributed by atoms with Crippen LogP contribution in [-0.4, -0.2) is 36.6 Å². The predicted octanol–water partition coefficient (Wildman–Crippen LogP) is 5.93. The van der Waals surface area contributed by atoms with Crippen LogP contribution >= 0.6 is 0 Å². The number of piperidine rings is 1. The predicted molar refractivity (Wildman–Crippen MR) is 115 cm³/mol. The van der Waals surface area contributed by atoms with E-state index in [1.54, 1.807) is 12.1 Å². The minimum atomic E-state index is -4.42. The highest BCUT2D eigenvalue weighted by Crippen LogP contribution is 2.58. The Bertz CT molecular complexity index is 947. The number of ether oxygens (including phenoxy) is 1. The molecule has 0 N–H and O–H groups in total. The van der Waals surface area contributed by atoms with Gasteiger partial charge in [-0.25, -0.2) is 4.39 Å². The van der Waals surface area contributed by atoms with Crippen molar-refractivity contribution in [3.63, 3.8) is 0 Å². The Morgan fingerprint density at radius 1 is 1.09 bits per heavy atom. The highest BCUT2D eigenvalue weighted by atomic mass is 19.4. The van der Waals surface area contributed by atoms with Crippen molar-refractivity contribution in [2.75, 3.05) is 26.7 Å². The average molecular weight is 451 g/mol. The van der Waals surface area contributed by atoms with E-state index in [-0.39, 0.29) is 29.2 Å². The van der Waals surface area contributed by atoms with Crippen LogP contribution in [0.15, 0.2) is 36.4 Å². The Labute approximate surface area is 186 Å². The highest BCUT2D eigenvalue weighted by Gasteiger charge is 2.48. The molecule has 1 aromatic carbocycles. The van der Waals surface area contributed by atoms with Crippen LogP contribution in [0.3, 0.4) is 0 Å². The topological polar surface area (TPSA) is 25.4 Å². The van der Waals surface area contributed by atoms with Crippen LogP contribution in [0.1, 0.15) is 61.5 Å². The fraction of sp³-hybridized carbons (Fsp3) is 0.560. The Morgan fingerprint density at radius 2 is 1.72 bits per heavy atom. The smallest absolute Gasteiger partial charge is 0.374 e. The Morgan fingerprint density at radius 3 is 2.28 bits per heavy atom. The van der Waals surface area contributed by atoms with Crippen LogP contribution in [0.4, 0.5) is 17.6 Å². The maximum atomic E-state index is 13.5. The monoisotopic (exact) mass is 450 g/mol. The van der Waals surface area contributed by atoms with Crippen molar-refractivity contribution in [3.8, 4) is 0 Å². The lowest BCUT2D eigenvalue weighted by molar-refractivity contribution is -0.137. The van der Waals surface area contributed by atoms with Crippen molar-refractivity contribution in [2.24, 2.45) is 5.41 Å². The van der Waals surface area contributed by atoms with Gasteiger partial charge in [-0.15, -0.1) is 0 Å². The first-order chi connectivity index (χ1) is 15.0. The molecule has 4 rings (SSSR count). The van der Waals surface area contributed by atoms with Crippen molar-refractivity contribution in [3.05, 3.63) is 64.7 Å². The third-order valence-electron chi connectivity index (χ3n) is 7.13. The molecule has 32 heavy (non-hydrogen) atoms. The molecule has 0 spiro atoms. The molecule has 1 aliphatic carbocycles. The van der Waals surface area contributed by atoms with E-state index in [1.807, 2.05) is 13.8 Å². The Hall–Kier alpha value is -1.99. The number of likely N-dealkylation sites (tertiary alicyclic amines) is 1. The molecule has 0 radical (unpaired) electrons.